The molecule has 0 aliphatic heterocycles. The van der Waals surface area contributed by atoms with Crippen LogP contribution in [0.15, 0.2) is 0 Å². The predicted octanol–water partition coefficient (Wildman–Crippen LogP) is 6.79. The van der Waals surface area contributed by atoms with Crippen LogP contribution in [-0.2, 0) is 0 Å². The summed E-state index contributed by atoms with van der Waals surface area (Å²) in [6, 6.07) is 9.08. The Morgan fingerprint density at radius 2 is 0.632 bits per heavy atom. The van der Waals surface area contributed by atoms with Gasteiger partial charge in [0.25, 0.3) is 0 Å². The van der Waals surface area contributed by atoms with Crippen molar-refractivity contribution >= 4 is 24.2 Å². The highest BCUT2D eigenvalue weighted by Gasteiger charge is 2.53. The van der Waals surface area contributed by atoms with Gasteiger partial charge in [-0.3, -0.25) is 0 Å². The first-order chi connectivity index (χ1) is 8.73. The summed E-state index contributed by atoms with van der Waals surface area (Å²) in [6.07, 6.45) is 0. The minimum absolute atomic E-state index is 1.06. The van der Waals surface area contributed by atoms with Crippen molar-refractivity contribution in [2.24, 2.45) is 0 Å². The number of hydrogen-bond donors (Lipinski definition) is 0. The van der Waals surface area contributed by atoms with E-state index < -0.39 is 24.2 Å². The first-order valence-corrected chi connectivity index (χ1v) is 17.7. The van der Waals surface area contributed by atoms with Gasteiger partial charge in [0.05, 0.1) is 0 Å². The zero-order valence-electron chi connectivity index (χ0n) is 15.3. The van der Waals surface area contributed by atoms with Gasteiger partial charge in [0, 0.05) is 24.2 Å². The second kappa shape index (κ2) is 7.60. The van der Waals surface area contributed by atoms with E-state index in [2.05, 4.69) is 61.2 Å². The monoisotopic (exact) mass is 316 g/mol. The summed E-state index contributed by atoms with van der Waals surface area (Å²) >= 11 is 0. The van der Waals surface area contributed by atoms with Crippen molar-refractivity contribution in [2.75, 3.05) is 0 Å². The molecule has 0 heterocycles. The quantitative estimate of drug-likeness (QED) is 0.411. The van der Waals surface area contributed by atoms with E-state index in [1.165, 1.54) is 41.1 Å². The summed E-state index contributed by atoms with van der Waals surface area (Å²) in [5.41, 5.74) is 0. The molecule has 0 unspecified atom stereocenters. The lowest BCUT2D eigenvalue weighted by molar-refractivity contribution is 1.08. The lowest BCUT2D eigenvalue weighted by atomic mass is 10.9. The fourth-order valence-corrected chi connectivity index (χ4v) is 36.0. The van der Waals surface area contributed by atoms with E-state index >= 15 is 0 Å². The van der Waals surface area contributed by atoms with Crippen molar-refractivity contribution in [1.82, 2.24) is 0 Å². The molecule has 0 saturated carbocycles. The molecule has 116 valence electrons. The van der Waals surface area contributed by atoms with Crippen LogP contribution in [-0.4, -0.2) is 24.2 Å². The van der Waals surface area contributed by atoms with Gasteiger partial charge in [-0.05, 0) is 0 Å². The average Bonchev–Trinajstić information content (AvgIpc) is 2.46. The molecule has 0 aromatic rings. The molecule has 0 aliphatic carbocycles. The van der Waals surface area contributed by atoms with Crippen LogP contribution in [0, 0.1) is 0 Å². The molecule has 3 heteroatoms. The van der Waals surface area contributed by atoms with Crippen LogP contribution in [0.5, 0.6) is 0 Å². The van der Waals surface area contributed by atoms with Gasteiger partial charge in [-0.25, -0.2) is 0 Å². The van der Waals surface area contributed by atoms with Crippen molar-refractivity contribution in [1.29, 1.82) is 0 Å². The molecule has 0 saturated heterocycles. The Hall–Kier alpha value is 0.651. The Labute approximate surface area is 126 Å². The molecule has 0 N–H and O–H groups in total. The zero-order valence-corrected chi connectivity index (χ0v) is 18.3. The van der Waals surface area contributed by atoms with Gasteiger partial charge < -0.3 is 0 Å². The second-order valence-corrected chi connectivity index (χ2v) is 25.1. The molecule has 0 fully saturated rings. The van der Waals surface area contributed by atoms with Crippen LogP contribution in [0.3, 0.4) is 0 Å². The second-order valence-electron chi connectivity index (χ2n) is 7.52. The van der Waals surface area contributed by atoms with E-state index in [0.717, 1.165) is 0 Å². The molecular weight excluding hydrogens is 276 g/mol. The van der Waals surface area contributed by atoms with Crippen LogP contribution in [0.25, 0.3) is 0 Å². The Bertz CT molecular complexity index is 208. The summed E-state index contributed by atoms with van der Waals surface area (Å²) < 4.78 is 0. The van der Waals surface area contributed by atoms with Crippen molar-refractivity contribution < 1.29 is 0 Å². The summed E-state index contributed by atoms with van der Waals surface area (Å²) in [5.74, 6) is 0. The molecule has 0 aromatic heterocycles. The summed E-state index contributed by atoms with van der Waals surface area (Å²) in [6.45, 7) is 23.3. The van der Waals surface area contributed by atoms with Gasteiger partial charge in [-0.1, -0.05) is 102 Å². The molecule has 0 spiro atoms. The third-order valence-corrected chi connectivity index (χ3v) is 33.4. The van der Waals surface area contributed by atoms with E-state index in [1.54, 1.807) is 0 Å². The maximum atomic E-state index is 2.75. The predicted molar refractivity (Wildman–Crippen MR) is 101 cm³/mol. The average molecular weight is 317 g/mol. The standard InChI is InChI=1S/C16H40Si3/c1-10-17(7,11-2)16(18(8,12-3)13-4)19(9,14-5)15-6/h16H,10-15H2,1-9H3. The van der Waals surface area contributed by atoms with Gasteiger partial charge in [0.15, 0.2) is 0 Å². The third-order valence-electron chi connectivity index (χ3n) is 6.94. The smallest absolute Gasteiger partial charge is 0.0478 e. The maximum Gasteiger partial charge on any atom is 0.0478 e. The van der Waals surface area contributed by atoms with Gasteiger partial charge in [-0.2, -0.15) is 0 Å². The molecule has 0 rings (SSSR count). The van der Waals surface area contributed by atoms with Crippen LogP contribution < -0.4 is 0 Å². The molecule has 0 amide bonds. The van der Waals surface area contributed by atoms with Crippen molar-refractivity contribution in [3.05, 3.63) is 0 Å². The molecule has 0 aromatic carbocycles. The van der Waals surface area contributed by atoms with Crippen molar-refractivity contribution in [3.8, 4) is 0 Å². The van der Waals surface area contributed by atoms with Gasteiger partial charge in [-0.15, -0.1) is 0 Å². The van der Waals surface area contributed by atoms with Crippen LogP contribution in [0.4, 0.5) is 0 Å². The Kier molecular flexibility index (Phi) is 7.86. The molecule has 0 atom stereocenters. The molecule has 0 radical (unpaired) electrons. The van der Waals surface area contributed by atoms with Crippen LogP contribution >= 0.6 is 0 Å². The van der Waals surface area contributed by atoms with Gasteiger partial charge >= 0.3 is 0 Å². The first kappa shape index (κ1) is 19.7. The fourth-order valence-electron chi connectivity index (χ4n) is 4.50. The van der Waals surface area contributed by atoms with Crippen molar-refractivity contribution in [2.45, 2.75) is 102 Å². The highest BCUT2D eigenvalue weighted by atomic mass is 28.5. The number of rotatable bonds is 9. The first-order valence-electron chi connectivity index (χ1n) is 8.73. The van der Waals surface area contributed by atoms with Gasteiger partial charge in [0.1, 0.15) is 0 Å². The lowest BCUT2D eigenvalue weighted by Crippen LogP contribution is -2.61. The van der Waals surface area contributed by atoms with Crippen molar-refractivity contribution in [3.63, 3.8) is 0 Å². The topological polar surface area (TPSA) is 0 Å². The minimum Gasteiger partial charge on any atom is -0.0694 e. The van der Waals surface area contributed by atoms with E-state index in [0.29, 0.717) is 0 Å². The normalized spacial score (nSPS) is 14.2. The summed E-state index contributed by atoms with van der Waals surface area (Å²) in [4.78, 5) is 1.23. The Morgan fingerprint density at radius 1 is 0.474 bits per heavy atom. The summed E-state index contributed by atoms with van der Waals surface area (Å²) in [7, 11) is -3.17. The van der Waals surface area contributed by atoms with Gasteiger partial charge in [0.2, 0.25) is 0 Å². The minimum atomic E-state index is -1.06. The SMILES string of the molecule is CC[Si](C)(CC)C([Si](C)(CC)CC)[Si](C)(CC)CC. The van der Waals surface area contributed by atoms with Crippen LogP contribution in [0.1, 0.15) is 41.5 Å². The molecule has 0 aliphatic rings. The summed E-state index contributed by atoms with van der Waals surface area (Å²) in [5, 5.41) is 0. The highest BCUT2D eigenvalue weighted by Crippen LogP contribution is 2.49. The highest BCUT2D eigenvalue weighted by molar-refractivity contribution is 7.14. The van der Waals surface area contributed by atoms with E-state index in [-0.39, 0.29) is 0 Å². The molecule has 0 nitrogen and oxygen atoms in total. The largest absolute Gasteiger partial charge is 0.0694 e. The van der Waals surface area contributed by atoms with E-state index in [1.807, 2.05) is 0 Å². The van der Waals surface area contributed by atoms with E-state index in [9.17, 15) is 0 Å². The number of hydrogen-bond acceptors (Lipinski definition) is 0. The Morgan fingerprint density at radius 3 is 0.737 bits per heavy atom. The zero-order chi connectivity index (χ0) is 15.3. The third kappa shape index (κ3) is 3.85. The fraction of sp³-hybridized carbons (Fsp3) is 1.00. The Balaban J connectivity index is 5.88. The van der Waals surface area contributed by atoms with Crippen LogP contribution in [0.2, 0.25) is 60.7 Å². The lowest BCUT2D eigenvalue weighted by Gasteiger charge is -2.53. The maximum absolute atomic E-state index is 2.75. The molecule has 0 bridgehead atoms. The molecule has 19 heavy (non-hydrogen) atoms. The molecular formula is C16H40Si3. The van der Waals surface area contributed by atoms with E-state index in [4.69, 9.17) is 0 Å².